The molecule has 0 bridgehead atoms. The Hall–Kier alpha value is -1.42. The molecule has 0 radical (unpaired) electrons. The van der Waals surface area contributed by atoms with Crippen molar-refractivity contribution < 1.29 is 0 Å². The second-order valence-corrected chi connectivity index (χ2v) is 6.33. The van der Waals surface area contributed by atoms with Crippen molar-refractivity contribution in [2.24, 2.45) is 0 Å². The zero-order valence-corrected chi connectivity index (χ0v) is 13.3. The normalized spacial score (nSPS) is 11.4. The lowest BCUT2D eigenvalue weighted by Gasteiger charge is -2.22. The van der Waals surface area contributed by atoms with Gasteiger partial charge in [-0.2, -0.15) is 0 Å². The summed E-state index contributed by atoms with van der Waals surface area (Å²) in [7, 11) is 2.01. The first kappa shape index (κ1) is 14.0. The van der Waals surface area contributed by atoms with Crippen LogP contribution in [0.2, 0.25) is 0 Å². The number of anilines is 2. The van der Waals surface area contributed by atoms with Crippen molar-refractivity contribution in [3.63, 3.8) is 0 Å². The Morgan fingerprint density at radius 2 is 1.68 bits per heavy atom. The van der Waals surface area contributed by atoms with Crippen molar-refractivity contribution in [1.29, 1.82) is 0 Å². The van der Waals surface area contributed by atoms with Gasteiger partial charge in [-0.25, -0.2) is 9.97 Å². The highest BCUT2D eigenvalue weighted by Crippen LogP contribution is 2.27. The molecule has 2 aromatic rings. The molecule has 1 heterocycles. The monoisotopic (exact) mass is 319 g/mol. The lowest BCUT2D eigenvalue weighted by atomic mass is 9.96. The van der Waals surface area contributed by atoms with Gasteiger partial charge in [-0.3, -0.25) is 0 Å². The predicted molar refractivity (Wildman–Crippen MR) is 82.9 cm³/mol. The molecule has 0 amide bonds. The molecule has 0 aliphatic carbocycles. The minimum Gasteiger partial charge on any atom is -0.329 e. The molecule has 0 unspecified atom stereocenters. The largest absolute Gasteiger partial charge is 0.329 e. The number of para-hydroxylation sites is 1. The lowest BCUT2D eigenvalue weighted by molar-refractivity contribution is 0.543. The van der Waals surface area contributed by atoms with Gasteiger partial charge in [0.1, 0.15) is 16.2 Å². The molecule has 19 heavy (non-hydrogen) atoms. The van der Waals surface area contributed by atoms with Crippen molar-refractivity contribution in [3.05, 3.63) is 46.8 Å². The van der Waals surface area contributed by atoms with Crippen LogP contribution in [-0.4, -0.2) is 17.0 Å². The molecule has 100 valence electrons. The average molecular weight is 320 g/mol. The van der Waals surface area contributed by atoms with E-state index in [0.717, 1.165) is 21.9 Å². The first-order valence-electron chi connectivity index (χ1n) is 6.22. The maximum absolute atomic E-state index is 4.67. The van der Waals surface area contributed by atoms with Crippen molar-refractivity contribution in [2.75, 3.05) is 11.9 Å². The molecular formula is C15H18BrN3. The summed E-state index contributed by atoms with van der Waals surface area (Å²) in [6.07, 6.45) is 0. The van der Waals surface area contributed by atoms with E-state index in [1.807, 2.05) is 31.3 Å². The first-order chi connectivity index (χ1) is 8.88. The van der Waals surface area contributed by atoms with E-state index in [1.54, 1.807) is 0 Å². The molecule has 0 spiro atoms. The molecule has 0 N–H and O–H groups in total. The Kier molecular flexibility index (Phi) is 3.90. The summed E-state index contributed by atoms with van der Waals surface area (Å²) in [4.78, 5) is 11.2. The molecule has 0 atom stereocenters. The van der Waals surface area contributed by atoms with Crippen LogP contribution in [0.15, 0.2) is 41.0 Å². The van der Waals surface area contributed by atoms with Gasteiger partial charge < -0.3 is 4.90 Å². The number of aromatic nitrogens is 2. The summed E-state index contributed by atoms with van der Waals surface area (Å²) in [5, 5.41) is 0. The zero-order valence-electron chi connectivity index (χ0n) is 11.7. The number of benzene rings is 1. The molecule has 0 aliphatic heterocycles. The second kappa shape index (κ2) is 5.29. The van der Waals surface area contributed by atoms with E-state index >= 15 is 0 Å². The van der Waals surface area contributed by atoms with Crippen LogP contribution in [0.25, 0.3) is 0 Å². The Balaban J connectivity index is 2.43. The highest BCUT2D eigenvalue weighted by atomic mass is 79.9. The number of rotatable bonds is 2. The summed E-state index contributed by atoms with van der Waals surface area (Å²) in [5.74, 6) is 1.72. The number of halogens is 1. The fourth-order valence-corrected chi connectivity index (χ4v) is 2.07. The molecule has 1 aromatic heterocycles. The van der Waals surface area contributed by atoms with E-state index in [1.165, 1.54) is 0 Å². The van der Waals surface area contributed by atoms with Crippen molar-refractivity contribution >= 4 is 27.4 Å². The molecule has 3 nitrogen and oxygen atoms in total. The van der Waals surface area contributed by atoms with Gasteiger partial charge in [-0.15, -0.1) is 0 Å². The van der Waals surface area contributed by atoms with Gasteiger partial charge >= 0.3 is 0 Å². The Bertz CT molecular complexity index is 561. The predicted octanol–water partition coefficient (Wildman–Crippen LogP) is 4.30. The highest BCUT2D eigenvalue weighted by molar-refractivity contribution is 9.10. The van der Waals surface area contributed by atoms with Gasteiger partial charge in [0, 0.05) is 24.2 Å². The zero-order chi connectivity index (χ0) is 14.0. The molecule has 4 heteroatoms. The van der Waals surface area contributed by atoms with Crippen molar-refractivity contribution in [3.8, 4) is 0 Å². The van der Waals surface area contributed by atoms with E-state index in [4.69, 9.17) is 0 Å². The minimum absolute atomic E-state index is 0.0734. The van der Waals surface area contributed by atoms with Crippen LogP contribution >= 0.6 is 15.9 Å². The summed E-state index contributed by atoms with van der Waals surface area (Å²) >= 11 is 3.47. The SMILES string of the molecule is CN(c1ccccc1)c1cc(Br)nc(C(C)(C)C)n1. The summed E-state index contributed by atoms with van der Waals surface area (Å²) < 4.78 is 0.810. The van der Waals surface area contributed by atoms with Gasteiger partial charge in [0.25, 0.3) is 0 Å². The average Bonchev–Trinajstić information content (AvgIpc) is 2.37. The summed E-state index contributed by atoms with van der Waals surface area (Å²) in [5.41, 5.74) is 1.03. The fourth-order valence-electron chi connectivity index (χ4n) is 1.70. The molecule has 0 saturated heterocycles. The first-order valence-corrected chi connectivity index (χ1v) is 7.01. The standard InChI is InChI=1S/C15H18BrN3/c1-15(2,3)14-17-12(16)10-13(18-14)19(4)11-8-6-5-7-9-11/h5-10H,1-4H3. The molecule has 0 aliphatic rings. The molecule has 0 fully saturated rings. The lowest BCUT2D eigenvalue weighted by Crippen LogP contribution is -2.19. The quantitative estimate of drug-likeness (QED) is 0.772. The molecular weight excluding hydrogens is 302 g/mol. The highest BCUT2D eigenvalue weighted by Gasteiger charge is 2.19. The van der Waals surface area contributed by atoms with Crippen molar-refractivity contribution in [1.82, 2.24) is 9.97 Å². The fraction of sp³-hybridized carbons (Fsp3) is 0.333. The Labute approximate surface area is 122 Å². The third-order valence-corrected chi connectivity index (χ3v) is 3.25. The maximum atomic E-state index is 4.67. The number of nitrogens with zero attached hydrogens (tertiary/aromatic N) is 3. The van der Waals surface area contributed by atoms with Crippen LogP contribution in [0.5, 0.6) is 0 Å². The van der Waals surface area contributed by atoms with Crippen LogP contribution in [0, 0.1) is 0 Å². The van der Waals surface area contributed by atoms with E-state index in [2.05, 4.69) is 63.7 Å². The maximum Gasteiger partial charge on any atom is 0.137 e. The van der Waals surface area contributed by atoms with Gasteiger partial charge in [0.05, 0.1) is 0 Å². The Morgan fingerprint density at radius 3 is 2.26 bits per heavy atom. The van der Waals surface area contributed by atoms with Gasteiger partial charge in [0.15, 0.2) is 0 Å². The van der Waals surface area contributed by atoms with Crippen molar-refractivity contribution in [2.45, 2.75) is 26.2 Å². The smallest absolute Gasteiger partial charge is 0.137 e. The van der Waals surface area contributed by atoms with Gasteiger partial charge in [0.2, 0.25) is 0 Å². The van der Waals surface area contributed by atoms with Crippen LogP contribution in [-0.2, 0) is 5.41 Å². The van der Waals surface area contributed by atoms with Crippen LogP contribution in [0.3, 0.4) is 0 Å². The van der Waals surface area contributed by atoms with Gasteiger partial charge in [-0.05, 0) is 28.1 Å². The van der Waals surface area contributed by atoms with E-state index in [9.17, 15) is 0 Å². The minimum atomic E-state index is -0.0734. The van der Waals surface area contributed by atoms with Crippen LogP contribution in [0.4, 0.5) is 11.5 Å². The number of hydrogen-bond acceptors (Lipinski definition) is 3. The third-order valence-electron chi connectivity index (χ3n) is 2.84. The Morgan fingerprint density at radius 1 is 1.05 bits per heavy atom. The van der Waals surface area contributed by atoms with E-state index in [0.29, 0.717) is 0 Å². The summed E-state index contributed by atoms with van der Waals surface area (Å²) in [6.45, 7) is 6.34. The second-order valence-electron chi connectivity index (χ2n) is 5.52. The summed E-state index contributed by atoms with van der Waals surface area (Å²) in [6, 6.07) is 12.1. The molecule has 2 rings (SSSR count). The molecule has 0 saturated carbocycles. The molecule has 1 aromatic carbocycles. The van der Waals surface area contributed by atoms with Gasteiger partial charge in [-0.1, -0.05) is 39.0 Å². The van der Waals surface area contributed by atoms with Crippen LogP contribution in [0.1, 0.15) is 26.6 Å². The topological polar surface area (TPSA) is 29.0 Å². The van der Waals surface area contributed by atoms with E-state index < -0.39 is 0 Å². The van der Waals surface area contributed by atoms with E-state index in [-0.39, 0.29) is 5.41 Å². The third kappa shape index (κ3) is 3.32. The van der Waals surface area contributed by atoms with Crippen LogP contribution < -0.4 is 4.90 Å². The number of hydrogen-bond donors (Lipinski definition) is 0.